The smallest absolute Gasteiger partial charge is 0.236 e. The second kappa shape index (κ2) is 3.21. The molecular weight excluding hydrogens is 188 g/mol. The maximum Gasteiger partial charge on any atom is 0.236 e. The molecule has 0 aromatic heterocycles. The normalized spacial score (nSPS) is 45.3. The van der Waals surface area contributed by atoms with E-state index >= 15 is 0 Å². The molecule has 3 nitrogen and oxygen atoms in total. The third kappa shape index (κ3) is 1.40. The van der Waals surface area contributed by atoms with Gasteiger partial charge in [-0.2, -0.15) is 0 Å². The molecule has 3 aliphatic carbocycles. The minimum Gasteiger partial charge on any atom is -0.348 e. The van der Waals surface area contributed by atoms with Gasteiger partial charge in [-0.3, -0.25) is 4.79 Å². The molecule has 3 aliphatic rings. The molecule has 3 fully saturated rings. The van der Waals surface area contributed by atoms with Gasteiger partial charge in [-0.05, 0) is 42.9 Å². The number of hydrogen-bond acceptors (Lipinski definition) is 2. The summed E-state index contributed by atoms with van der Waals surface area (Å²) in [5, 5.41) is 3.45. The van der Waals surface area contributed by atoms with Crippen LogP contribution in [-0.4, -0.2) is 37.5 Å². The fraction of sp³-hybridized carbons (Fsp3) is 0.917. The minimum absolute atomic E-state index is 0.201. The number of rotatable bonds is 3. The van der Waals surface area contributed by atoms with Crippen LogP contribution in [0.4, 0.5) is 0 Å². The van der Waals surface area contributed by atoms with E-state index < -0.39 is 0 Å². The largest absolute Gasteiger partial charge is 0.348 e. The minimum atomic E-state index is 0.201. The van der Waals surface area contributed by atoms with Gasteiger partial charge >= 0.3 is 0 Å². The first-order valence-electron chi connectivity index (χ1n) is 6.12. The number of nitrogens with one attached hydrogen (secondary N) is 1. The number of carbonyl (C=O) groups is 1. The molecule has 1 N–H and O–H groups in total. The number of amides is 1. The van der Waals surface area contributed by atoms with E-state index in [0.29, 0.717) is 12.6 Å². The summed E-state index contributed by atoms with van der Waals surface area (Å²) < 4.78 is 0. The molecule has 1 amide bonds. The predicted octanol–water partition coefficient (Wildman–Crippen LogP) is 0.709. The lowest BCUT2D eigenvalue weighted by Gasteiger charge is -2.13. The zero-order chi connectivity index (χ0) is 10.6. The van der Waals surface area contributed by atoms with Crippen molar-refractivity contribution >= 4 is 5.91 Å². The van der Waals surface area contributed by atoms with E-state index in [9.17, 15) is 4.79 Å². The second-order valence-corrected chi connectivity index (χ2v) is 5.68. The van der Waals surface area contributed by atoms with Crippen molar-refractivity contribution in [3.8, 4) is 0 Å². The highest BCUT2D eigenvalue weighted by Crippen LogP contribution is 2.65. The first kappa shape index (κ1) is 9.64. The van der Waals surface area contributed by atoms with Crippen molar-refractivity contribution in [1.29, 1.82) is 0 Å². The zero-order valence-electron chi connectivity index (χ0n) is 9.57. The van der Waals surface area contributed by atoms with Crippen LogP contribution in [0.25, 0.3) is 0 Å². The van der Waals surface area contributed by atoms with E-state index in [1.807, 2.05) is 14.1 Å². The Labute approximate surface area is 91.2 Å². The van der Waals surface area contributed by atoms with Crippen molar-refractivity contribution in [2.45, 2.75) is 25.3 Å². The Hall–Kier alpha value is -0.570. The Bertz CT molecular complexity index is 273. The zero-order valence-corrected chi connectivity index (χ0v) is 9.57. The van der Waals surface area contributed by atoms with E-state index in [0.717, 1.165) is 23.7 Å². The Morgan fingerprint density at radius 3 is 2.40 bits per heavy atom. The molecule has 0 aromatic carbocycles. The molecule has 0 aromatic rings. The molecule has 4 unspecified atom stereocenters. The molecule has 4 atom stereocenters. The number of nitrogens with zero attached hydrogens (tertiary/aromatic N) is 1. The van der Waals surface area contributed by atoms with Crippen LogP contribution in [0.5, 0.6) is 0 Å². The van der Waals surface area contributed by atoms with Crippen molar-refractivity contribution in [3.63, 3.8) is 0 Å². The highest BCUT2D eigenvalue weighted by Gasteiger charge is 2.64. The molecule has 15 heavy (non-hydrogen) atoms. The van der Waals surface area contributed by atoms with Crippen LogP contribution in [0, 0.1) is 23.7 Å². The summed E-state index contributed by atoms with van der Waals surface area (Å²) in [4.78, 5) is 13.1. The molecule has 0 spiro atoms. The lowest BCUT2D eigenvalue weighted by Crippen LogP contribution is -2.35. The summed E-state index contributed by atoms with van der Waals surface area (Å²) in [7, 11) is 3.64. The summed E-state index contributed by atoms with van der Waals surface area (Å²) in [5.41, 5.74) is 0. The van der Waals surface area contributed by atoms with Crippen molar-refractivity contribution in [3.05, 3.63) is 0 Å². The van der Waals surface area contributed by atoms with Gasteiger partial charge in [0.2, 0.25) is 5.91 Å². The van der Waals surface area contributed by atoms with Crippen LogP contribution in [0.3, 0.4) is 0 Å². The fourth-order valence-corrected chi connectivity index (χ4v) is 3.96. The summed E-state index contributed by atoms with van der Waals surface area (Å²) in [6.45, 7) is 0.532. The molecule has 0 radical (unpaired) electrons. The van der Waals surface area contributed by atoms with E-state index in [-0.39, 0.29) is 5.91 Å². The van der Waals surface area contributed by atoms with Gasteiger partial charge in [0, 0.05) is 20.1 Å². The van der Waals surface area contributed by atoms with Gasteiger partial charge in [0.15, 0.2) is 0 Å². The van der Waals surface area contributed by atoms with E-state index in [1.165, 1.54) is 19.3 Å². The Kier molecular flexibility index (Phi) is 2.06. The molecule has 3 rings (SSSR count). The van der Waals surface area contributed by atoms with Crippen LogP contribution in [-0.2, 0) is 4.79 Å². The molecular formula is C12H20N2O. The Morgan fingerprint density at radius 2 is 1.87 bits per heavy atom. The predicted molar refractivity (Wildman–Crippen MR) is 58.3 cm³/mol. The van der Waals surface area contributed by atoms with Gasteiger partial charge in [0.25, 0.3) is 0 Å². The molecule has 2 bridgehead atoms. The number of carbonyl (C=O) groups excluding carboxylic acids is 1. The standard InChI is InChI=1S/C12H20N2O/c1-14(2)9(15)6-13-12-10-7-3-4-8(5-7)11(10)12/h7-8,10-13H,3-6H2,1-2H3. The SMILES string of the molecule is CN(C)C(=O)CNC1C2C3CCC(C3)C12. The highest BCUT2D eigenvalue weighted by molar-refractivity contribution is 5.77. The first-order chi connectivity index (χ1) is 7.18. The average Bonchev–Trinajstić information content (AvgIpc) is 2.61. The monoisotopic (exact) mass is 208 g/mol. The van der Waals surface area contributed by atoms with Crippen LogP contribution < -0.4 is 5.32 Å². The fourth-order valence-electron chi connectivity index (χ4n) is 3.96. The van der Waals surface area contributed by atoms with Crippen LogP contribution in [0.1, 0.15) is 19.3 Å². The first-order valence-corrected chi connectivity index (χ1v) is 6.12. The summed E-state index contributed by atoms with van der Waals surface area (Å²) in [6, 6.07) is 0.681. The maximum absolute atomic E-state index is 11.4. The molecule has 3 saturated carbocycles. The Balaban J connectivity index is 1.50. The van der Waals surface area contributed by atoms with Gasteiger partial charge < -0.3 is 10.2 Å². The molecule has 0 aliphatic heterocycles. The number of hydrogen-bond donors (Lipinski definition) is 1. The van der Waals surface area contributed by atoms with Gasteiger partial charge in [-0.1, -0.05) is 0 Å². The van der Waals surface area contributed by atoms with Crippen LogP contribution >= 0.6 is 0 Å². The second-order valence-electron chi connectivity index (χ2n) is 5.68. The summed E-state index contributed by atoms with van der Waals surface area (Å²) >= 11 is 0. The number of likely N-dealkylation sites (N-methyl/N-ethyl adjacent to an activating group) is 1. The summed E-state index contributed by atoms with van der Waals surface area (Å²) in [5.74, 6) is 4.05. The van der Waals surface area contributed by atoms with Crippen LogP contribution in [0.2, 0.25) is 0 Å². The third-order valence-electron chi connectivity index (χ3n) is 4.72. The van der Waals surface area contributed by atoms with E-state index in [4.69, 9.17) is 0 Å². The third-order valence-corrected chi connectivity index (χ3v) is 4.72. The van der Waals surface area contributed by atoms with E-state index in [1.54, 1.807) is 4.90 Å². The van der Waals surface area contributed by atoms with Gasteiger partial charge in [-0.15, -0.1) is 0 Å². The molecule has 84 valence electrons. The van der Waals surface area contributed by atoms with Crippen LogP contribution in [0.15, 0.2) is 0 Å². The van der Waals surface area contributed by atoms with Crippen molar-refractivity contribution < 1.29 is 4.79 Å². The lowest BCUT2D eigenvalue weighted by atomic mass is 10.0. The van der Waals surface area contributed by atoms with Crippen molar-refractivity contribution in [1.82, 2.24) is 10.2 Å². The van der Waals surface area contributed by atoms with Gasteiger partial charge in [0.1, 0.15) is 0 Å². The van der Waals surface area contributed by atoms with E-state index in [2.05, 4.69) is 5.32 Å². The molecule has 3 heteroatoms. The van der Waals surface area contributed by atoms with Gasteiger partial charge in [0.05, 0.1) is 6.54 Å². The van der Waals surface area contributed by atoms with Crippen molar-refractivity contribution in [2.75, 3.05) is 20.6 Å². The molecule has 0 heterocycles. The van der Waals surface area contributed by atoms with Gasteiger partial charge in [-0.25, -0.2) is 0 Å². The lowest BCUT2D eigenvalue weighted by molar-refractivity contribution is -0.127. The number of fused-ring (bicyclic) bond motifs is 5. The molecule has 0 saturated heterocycles. The Morgan fingerprint density at radius 1 is 1.27 bits per heavy atom. The summed E-state index contributed by atoms with van der Waals surface area (Å²) in [6.07, 6.45) is 4.38. The quantitative estimate of drug-likeness (QED) is 0.741. The van der Waals surface area contributed by atoms with Crippen molar-refractivity contribution in [2.24, 2.45) is 23.7 Å². The maximum atomic E-state index is 11.4. The topological polar surface area (TPSA) is 32.3 Å². The highest BCUT2D eigenvalue weighted by atomic mass is 16.2. The average molecular weight is 208 g/mol.